The van der Waals surface area contributed by atoms with Crippen molar-refractivity contribution in [1.82, 2.24) is 0 Å². The van der Waals surface area contributed by atoms with E-state index in [9.17, 15) is 0 Å². The Bertz CT molecular complexity index is 77.8. The average molecular weight is 128 g/mol. The Morgan fingerprint density at radius 3 is 2.86 bits per heavy atom. The van der Waals surface area contributed by atoms with Crippen molar-refractivity contribution in [3.8, 4) is 0 Å². The Hall–Kier alpha value is 0.0169. The predicted octanol–water partition coefficient (Wildman–Crippen LogP) is 1.07. The van der Waals surface area contributed by atoms with E-state index < -0.39 is 0 Å². The SMILES string of the molecule is [Si]CCCN=C=S. The molecule has 0 aliphatic heterocycles. The molecule has 0 aromatic rings. The number of nitrogens with zero attached hydrogens (tertiary/aromatic N) is 1. The second kappa shape index (κ2) is 6.02. The lowest BCUT2D eigenvalue weighted by atomic mass is 10.5. The monoisotopic (exact) mass is 128 g/mol. The van der Waals surface area contributed by atoms with Crippen LogP contribution in [0.3, 0.4) is 0 Å². The molecule has 3 heteroatoms. The van der Waals surface area contributed by atoms with E-state index in [1.807, 2.05) is 0 Å². The zero-order valence-electron chi connectivity index (χ0n) is 3.98. The van der Waals surface area contributed by atoms with Crippen LogP contribution in [-0.4, -0.2) is 21.9 Å². The van der Waals surface area contributed by atoms with Crippen LogP contribution in [-0.2, 0) is 0 Å². The molecule has 0 fully saturated rings. The molecule has 0 aliphatic rings. The van der Waals surface area contributed by atoms with Gasteiger partial charge in [0.1, 0.15) is 0 Å². The summed E-state index contributed by atoms with van der Waals surface area (Å²) >= 11 is 4.33. The molecule has 0 saturated carbocycles. The smallest absolute Gasteiger partial charge is 0.0584 e. The fourth-order valence-corrected chi connectivity index (χ4v) is 0.453. The molecule has 0 N–H and O–H groups in total. The lowest BCUT2D eigenvalue weighted by Gasteiger charge is -1.81. The first kappa shape index (κ1) is 7.02. The molecule has 0 aromatic carbocycles. The molecule has 0 atom stereocenters. The van der Waals surface area contributed by atoms with Gasteiger partial charge in [0.25, 0.3) is 0 Å². The van der Waals surface area contributed by atoms with Crippen molar-refractivity contribution in [2.24, 2.45) is 4.99 Å². The largest absolute Gasteiger partial charge is 0.233 e. The van der Waals surface area contributed by atoms with Crippen LogP contribution >= 0.6 is 12.2 Å². The third-order valence-electron chi connectivity index (χ3n) is 0.511. The predicted molar refractivity (Wildman–Crippen MR) is 35.1 cm³/mol. The summed E-state index contributed by atoms with van der Waals surface area (Å²) in [5.41, 5.74) is 0. The van der Waals surface area contributed by atoms with E-state index in [2.05, 4.69) is 32.6 Å². The van der Waals surface area contributed by atoms with Gasteiger partial charge in [0, 0.05) is 16.8 Å². The minimum Gasteiger partial charge on any atom is -0.233 e. The van der Waals surface area contributed by atoms with Gasteiger partial charge in [-0.05, 0) is 18.6 Å². The first-order valence-electron chi connectivity index (χ1n) is 2.10. The van der Waals surface area contributed by atoms with Gasteiger partial charge in [-0.15, -0.1) is 0 Å². The highest BCUT2D eigenvalue weighted by Gasteiger charge is 1.74. The maximum atomic E-state index is 4.33. The molecule has 3 radical (unpaired) electrons. The van der Waals surface area contributed by atoms with E-state index in [0.717, 1.165) is 19.0 Å². The average Bonchev–Trinajstić information content (AvgIpc) is 1.69. The number of hydrogen-bond acceptors (Lipinski definition) is 2. The van der Waals surface area contributed by atoms with Crippen LogP contribution in [0.25, 0.3) is 0 Å². The van der Waals surface area contributed by atoms with Crippen molar-refractivity contribution in [3.05, 3.63) is 0 Å². The molecule has 0 unspecified atom stereocenters. The Balaban J connectivity index is 2.83. The number of rotatable bonds is 3. The lowest BCUT2D eigenvalue weighted by molar-refractivity contribution is 0.937. The quantitative estimate of drug-likeness (QED) is 0.240. The second-order valence-electron chi connectivity index (χ2n) is 1.08. The van der Waals surface area contributed by atoms with E-state index in [0.29, 0.717) is 0 Å². The standard InChI is InChI=1S/C4H6NSSi/c6-4-5-2-1-3-7/h1-3H2. The minimum atomic E-state index is 0.799. The molecule has 0 aromatic heterocycles. The van der Waals surface area contributed by atoms with Crippen molar-refractivity contribution in [3.63, 3.8) is 0 Å². The highest BCUT2D eigenvalue weighted by Crippen LogP contribution is 1.81. The van der Waals surface area contributed by atoms with Gasteiger partial charge in [-0.3, -0.25) is 0 Å². The second-order valence-corrected chi connectivity index (χ2v) is 1.76. The fourth-order valence-electron chi connectivity index (χ4n) is 0.204. The van der Waals surface area contributed by atoms with Gasteiger partial charge in [-0.2, -0.15) is 0 Å². The topological polar surface area (TPSA) is 12.4 Å². The van der Waals surface area contributed by atoms with Crippen molar-refractivity contribution >= 4 is 27.6 Å². The van der Waals surface area contributed by atoms with E-state index >= 15 is 0 Å². The molecule has 1 nitrogen and oxygen atoms in total. The highest BCUT2D eigenvalue weighted by molar-refractivity contribution is 7.78. The Morgan fingerprint density at radius 2 is 2.43 bits per heavy atom. The maximum Gasteiger partial charge on any atom is 0.0584 e. The Kier molecular flexibility index (Phi) is 6.03. The van der Waals surface area contributed by atoms with Crippen LogP contribution in [0.1, 0.15) is 6.42 Å². The van der Waals surface area contributed by atoms with Crippen LogP contribution < -0.4 is 0 Å². The van der Waals surface area contributed by atoms with Crippen molar-refractivity contribution in [2.45, 2.75) is 12.5 Å². The fraction of sp³-hybridized carbons (Fsp3) is 0.750. The van der Waals surface area contributed by atoms with Gasteiger partial charge in [-0.1, -0.05) is 6.04 Å². The molecule has 7 heavy (non-hydrogen) atoms. The molecule has 37 valence electrons. The van der Waals surface area contributed by atoms with E-state index in [4.69, 9.17) is 0 Å². The maximum absolute atomic E-state index is 4.33. The van der Waals surface area contributed by atoms with E-state index in [1.165, 1.54) is 0 Å². The van der Waals surface area contributed by atoms with Crippen molar-refractivity contribution in [2.75, 3.05) is 6.54 Å². The summed E-state index contributed by atoms with van der Waals surface area (Å²) in [6, 6.07) is 0.987. The highest BCUT2D eigenvalue weighted by atomic mass is 32.1. The number of isothiocyanates is 1. The first-order chi connectivity index (χ1) is 3.41. The van der Waals surface area contributed by atoms with Crippen LogP contribution in [0.4, 0.5) is 0 Å². The van der Waals surface area contributed by atoms with E-state index in [-0.39, 0.29) is 0 Å². The first-order valence-corrected chi connectivity index (χ1v) is 3.21. The number of aliphatic imine (C=N–C) groups is 1. The molecule has 0 aliphatic carbocycles. The van der Waals surface area contributed by atoms with Gasteiger partial charge in [-0.25, -0.2) is 4.99 Å². The summed E-state index contributed by atoms with van der Waals surface area (Å²) in [5.74, 6) is 0. The summed E-state index contributed by atoms with van der Waals surface area (Å²) in [6.45, 7) is 0.799. The van der Waals surface area contributed by atoms with Crippen LogP contribution in [0.5, 0.6) is 0 Å². The van der Waals surface area contributed by atoms with Gasteiger partial charge >= 0.3 is 0 Å². The number of thiocarbonyl (C=S) groups is 1. The Labute approximate surface area is 52.3 Å². The zero-order valence-corrected chi connectivity index (χ0v) is 5.79. The summed E-state index contributed by atoms with van der Waals surface area (Å²) in [7, 11) is 3.30. The third kappa shape index (κ3) is 6.02. The van der Waals surface area contributed by atoms with Crippen LogP contribution in [0.2, 0.25) is 6.04 Å². The molecule has 0 amide bonds. The molecule has 0 heterocycles. The normalized spacial score (nSPS) is 7.57. The summed E-state index contributed by atoms with van der Waals surface area (Å²) in [4.78, 5) is 3.70. The van der Waals surface area contributed by atoms with Crippen LogP contribution in [0.15, 0.2) is 4.99 Å². The zero-order chi connectivity index (χ0) is 5.54. The van der Waals surface area contributed by atoms with Gasteiger partial charge in [0.15, 0.2) is 0 Å². The lowest BCUT2D eigenvalue weighted by Crippen LogP contribution is -1.76. The third-order valence-corrected chi connectivity index (χ3v) is 0.994. The number of hydrogen-bond donors (Lipinski definition) is 0. The summed E-state index contributed by atoms with van der Waals surface area (Å²) in [5, 5.41) is 2.29. The summed E-state index contributed by atoms with van der Waals surface area (Å²) in [6.07, 6.45) is 1.04. The van der Waals surface area contributed by atoms with Gasteiger partial charge in [0.05, 0.1) is 5.16 Å². The van der Waals surface area contributed by atoms with Crippen molar-refractivity contribution in [1.29, 1.82) is 0 Å². The molecular weight excluding hydrogens is 122 g/mol. The van der Waals surface area contributed by atoms with Gasteiger partial charge < -0.3 is 0 Å². The molecule has 0 rings (SSSR count). The molecular formula is C4H6NSSi. The van der Waals surface area contributed by atoms with Crippen LogP contribution in [0, 0.1) is 0 Å². The minimum absolute atomic E-state index is 0.799. The van der Waals surface area contributed by atoms with Gasteiger partial charge in [0.2, 0.25) is 0 Å². The molecule has 0 saturated heterocycles. The van der Waals surface area contributed by atoms with Crippen molar-refractivity contribution < 1.29 is 0 Å². The van der Waals surface area contributed by atoms with E-state index in [1.54, 1.807) is 0 Å². The molecule has 0 bridgehead atoms. The Morgan fingerprint density at radius 1 is 1.71 bits per heavy atom. The summed E-state index contributed by atoms with van der Waals surface area (Å²) < 4.78 is 0. The molecule has 0 spiro atoms.